The van der Waals surface area contributed by atoms with Gasteiger partial charge < -0.3 is 14.4 Å². The Bertz CT molecular complexity index is 418. The van der Waals surface area contributed by atoms with Gasteiger partial charge in [-0.25, -0.2) is 0 Å². The minimum atomic E-state index is -0.249. The molecule has 1 aliphatic heterocycles. The number of aliphatic hydroxyl groups is 1. The first-order chi connectivity index (χ1) is 8.75. The smallest absolute Gasteiger partial charge is 0.0807 e. The van der Waals surface area contributed by atoms with Crippen molar-refractivity contribution in [2.75, 3.05) is 6.61 Å². The van der Waals surface area contributed by atoms with E-state index in [4.69, 9.17) is 4.74 Å². The fraction of sp³-hybridized carbons (Fsp3) is 0.733. The summed E-state index contributed by atoms with van der Waals surface area (Å²) in [7, 11) is 0. The SMILES string of the molecule is Cc1cc2c(n1CC1CCCCO1)CCCC2O. The van der Waals surface area contributed by atoms with Gasteiger partial charge in [0.1, 0.15) is 0 Å². The second-order valence-electron chi connectivity index (χ2n) is 5.69. The highest BCUT2D eigenvalue weighted by Gasteiger charge is 2.24. The minimum absolute atomic E-state index is 0.249. The number of rotatable bonds is 2. The van der Waals surface area contributed by atoms with E-state index in [9.17, 15) is 5.11 Å². The number of aromatic nitrogens is 1. The molecule has 1 fully saturated rings. The molecule has 2 unspecified atom stereocenters. The van der Waals surface area contributed by atoms with Crippen LogP contribution in [0.4, 0.5) is 0 Å². The highest BCUT2D eigenvalue weighted by Crippen LogP contribution is 2.32. The van der Waals surface area contributed by atoms with E-state index >= 15 is 0 Å². The van der Waals surface area contributed by atoms with Crippen LogP contribution in [0.1, 0.15) is 55.2 Å². The molecule has 0 amide bonds. The molecule has 1 aromatic heterocycles. The second kappa shape index (κ2) is 5.06. The van der Waals surface area contributed by atoms with E-state index in [1.807, 2.05) is 0 Å². The molecular weight excluding hydrogens is 226 g/mol. The molecule has 1 saturated heterocycles. The van der Waals surface area contributed by atoms with E-state index < -0.39 is 0 Å². The Balaban J connectivity index is 1.82. The van der Waals surface area contributed by atoms with E-state index in [1.165, 1.54) is 30.7 Å². The molecular formula is C15H23NO2. The van der Waals surface area contributed by atoms with Crippen molar-refractivity contribution < 1.29 is 9.84 Å². The van der Waals surface area contributed by atoms with Crippen molar-refractivity contribution in [3.8, 4) is 0 Å². The Morgan fingerprint density at radius 1 is 1.33 bits per heavy atom. The Kier molecular flexibility index (Phi) is 3.44. The topological polar surface area (TPSA) is 34.4 Å². The third-order valence-corrected chi connectivity index (χ3v) is 4.36. The maximum atomic E-state index is 10.1. The van der Waals surface area contributed by atoms with Crippen LogP contribution in [0.3, 0.4) is 0 Å². The van der Waals surface area contributed by atoms with Gasteiger partial charge in [-0.2, -0.15) is 0 Å². The summed E-state index contributed by atoms with van der Waals surface area (Å²) in [6.45, 7) is 4.03. The van der Waals surface area contributed by atoms with Gasteiger partial charge in [0.15, 0.2) is 0 Å². The van der Waals surface area contributed by atoms with Gasteiger partial charge in [0, 0.05) is 30.1 Å². The third kappa shape index (κ3) is 2.21. The van der Waals surface area contributed by atoms with Gasteiger partial charge in [-0.3, -0.25) is 0 Å². The maximum absolute atomic E-state index is 10.1. The first kappa shape index (κ1) is 12.2. The lowest BCUT2D eigenvalue weighted by Crippen LogP contribution is -2.26. The number of ether oxygens (including phenoxy) is 1. The van der Waals surface area contributed by atoms with E-state index in [2.05, 4.69) is 17.6 Å². The predicted molar refractivity (Wildman–Crippen MR) is 70.7 cm³/mol. The van der Waals surface area contributed by atoms with Gasteiger partial charge in [0.05, 0.1) is 12.2 Å². The number of hydrogen-bond acceptors (Lipinski definition) is 2. The van der Waals surface area contributed by atoms with Crippen LogP contribution in [0.5, 0.6) is 0 Å². The Hall–Kier alpha value is -0.800. The van der Waals surface area contributed by atoms with Crippen molar-refractivity contribution in [1.29, 1.82) is 0 Å². The zero-order chi connectivity index (χ0) is 12.5. The summed E-state index contributed by atoms with van der Waals surface area (Å²) in [5, 5.41) is 10.1. The average Bonchev–Trinajstić information content (AvgIpc) is 2.70. The van der Waals surface area contributed by atoms with Gasteiger partial charge in [-0.05, 0) is 51.5 Å². The summed E-state index contributed by atoms with van der Waals surface area (Å²) in [4.78, 5) is 0. The fourth-order valence-corrected chi connectivity index (χ4v) is 3.35. The number of aliphatic hydroxyl groups excluding tert-OH is 1. The van der Waals surface area contributed by atoms with Crippen molar-refractivity contribution in [2.24, 2.45) is 0 Å². The van der Waals surface area contributed by atoms with Crippen LogP contribution in [0.2, 0.25) is 0 Å². The van der Waals surface area contributed by atoms with Crippen molar-refractivity contribution >= 4 is 0 Å². The Morgan fingerprint density at radius 2 is 2.22 bits per heavy atom. The first-order valence-corrected chi connectivity index (χ1v) is 7.24. The van der Waals surface area contributed by atoms with Crippen LogP contribution in [-0.4, -0.2) is 22.4 Å². The van der Waals surface area contributed by atoms with Crippen molar-refractivity contribution in [1.82, 2.24) is 4.57 Å². The summed E-state index contributed by atoms with van der Waals surface area (Å²) >= 11 is 0. The summed E-state index contributed by atoms with van der Waals surface area (Å²) in [6.07, 6.45) is 6.91. The van der Waals surface area contributed by atoms with Crippen LogP contribution in [0.15, 0.2) is 6.07 Å². The number of hydrogen-bond donors (Lipinski definition) is 1. The molecule has 1 aromatic rings. The van der Waals surface area contributed by atoms with Gasteiger partial charge in [0.25, 0.3) is 0 Å². The van der Waals surface area contributed by atoms with Crippen LogP contribution < -0.4 is 0 Å². The monoisotopic (exact) mass is 249 g/mol. The zero-order valence-corrected chi connectivity index (χ0v) is 11.2. The summed E-state index contributed by atoms with van der Waals surface area (Å²) < 4.78 is 8.22. The van der Waals surface area contributed by atoms with E-state index in [-0.39, 0.29) is 6.10 Å². The number of nitrogens with zero attached hydrogens (tertiary/aromatic N) is 1. The lowest BCUT2D eigenvalue weighted by Gasteiger charge is -2.26. The molecule has 1 N–H and O–H groups in total. The molecule has 3 nitrogen and oxygen atoms in total. The highest BCUT2D eigenvalue weighted by molar-refractivity contribution is 5.31. The molecule has 18 heavy (non-hydrogen) atoms. The van der Waals surface area contributed by atoms with Crippen LogP contribution in [0, 0.1) is 6.92 Å². The van der Waals surface area contributed by atoms with E-state index in [0.717, 1.165) is 38.0 Å². The largest absolute Gasteiger partial charge is 0.388 e. The van der Waals surface area contributed by atoms with Crippen molar-refractivity contribution in [3.63, 3.8) is 0 Å². The molecule has 3 heteroatoms. The Labute approximate surface area is 109 Å². The van der Waals surface area contributed by atoms with E-state index in [1.54, 1.807) is 0 Å². The molecule has 0 radical (unpaired) electrons. The molecule has 0 bridgehead atoms. The highest BCUT2D eigenvalue weighted by atomic mass is 16.5. The lowest BCUT2D eigenvalue weighted by molar-refractivity contribution is 0.00512. The molecule has 0 saturated carbocycles. The molecule has 100 valence electrons. The second-order valence-corrected chi connectivity index (χ2v) is 5.69. The zero-order valence-electron chi connectivity index (χ0n) is 11.2. The number of aryl methyl sites for hydroxylation is 1. The summed E-state index contributed by atoms with van der Waals surface area (Å²) in [5.74, 6) is 0. The lowest BCUT2D eigenvalue weighted by atomic mass is 9.95. The fourth-order valence-electron chi connectivity index (χ4n) is 3.35. The molecule has 0 spiro atoms. The molecule has 2 heterocycles. The van der Waals surface area contributed by atoms with Gasteiger partial charge in [-0.1, -0.05) is 0 Å². The van der Waals surface area contributed by atoms with Gasteiger partial charge in [0.2, 0.25) is 0 Å². The van der Waals surface area contributed by atoms with Crippen molar-refractivity contribution in [3.05, 3.63) is 23.0 Å². The van der Waals surface area contributed by atoms with Gasteiger partial charge >= 0.3 is 0 Å². The third-order valence-electron chi connectivity index (χ3n) is 4.36. The summed E-state index contributed by atoms with van der Waals surface area (Å²) in [5.41, 5.74) is 3.78. The quantitative estimate of drug-likeness (QED) is 0.874. The first-order valence-electron chi connectivity index (χ1n) is 7.24. The molecule has 2 atom stereocenters. The molecule has 2 aliphatic rings. The van der Waals surface area contributed by atoms with E-state index in [0.29, 0.717) is 6.10 Å². The molecule has 0 aromatic carbocycles. The molecule has 1 aliphatic carbocycles. The average molecular weight is 249 g/mol. The predicted octanol–water partition coefficient (Wildman–Crippen LogP) is 2.74. The number of fused-ring (bicyclic) bond motifs is 1. The normalized spacial score (nSPS) is 28.1. The Morgan fingerprint density at radius 3 is 3.00 bits per heavy atom. The minimum Gasteiger partial charge on any atom is -0.388 e. The maximum Gasteiger partial charge on any atom is 0.0807 e. The summed E-state index contributed by atoms with van der Waals surface area (Å²) in [6, 6.07) is 2.17. The standard InChI is InChI=1S/C15H23NO2/c1-11-9-13-14(6-4-7-15(13)17)16(11)10-12-5-2-3-8-18-12/h9,12,15,17H,2-8,10H2,1H3. The van der Waals surface area contributed by atoms with Crippen LogP contribution >= 0.6 is 0 Å². The van der Waals surface area contributed by atoms with Crippen molar-refractivity contribution in [2.45, 2.75) is 64.2 Å². The van der Waals surface area contributed by atoms with Gasteiger partial charge in [-0.15, -0.1) is 0 Å². The van der Waals surface area contributed by atoms with Crippen LogP contribution in [-0.2, 0) is 17.7 Å². The van der Waals surface area contributed by atoms with Crippen LogP contribution in [0.25, 0.3) is 0 Å². The molecule has 3 rings (SSSR count).